The van der Waals surface area contributed by atoms with E-state index in [4.69, 9.17) is 14.7 Å². The first-order valence-corrected chi connectivity index (χ1v) is 5.65. The maximum atomic E-state index is 11.6. The molecular formula is C13H14N2O3. The highest BCUT2D eigenvalue weighted by molar-refractivity contribution is 5.71. The van der Waals surface area contributed by atoms with Gasteiger partial charge in [0.25, 0.3) is 0 Å². The van der Waals surface area contributed by atoms with Gasteiger partial charge in [0.1, 0.15) is 11.8 Å². The van der Waals surface area contributed by atoms with Gasteiger partial charge < -0.3 is 9.47 Å². The van der Waals surface area contributed by atoms with Crippen LogP contribution in [-0.4, -0.2) is 30.2 Å². The first kappa shape index (κ1) is 12.2. The fraction of sp³-hybridized carbons (Fsp3) is 0.385. The number of methoxy groups -OCH3 is 1. The second kappa shape index (κ2) is 4.96. The molecular weight excluding hydrogens is 232 g/mol. The number of benzene rings is 1. The van der Waals surface area contributed by atoms with Crippen LogP contribution in [0.1, 0.15) is 12.5 Å². The molecule has 0 unspecified atom stereocenters. The van der Waals surface area contributed by atoms with Crippen LogP contribution in [0.15, 0.2) is 24.3 Å². The minimum Gasteiger partial charge on any atom is -0.497 e. The predicted molar refractivity (Wildman–Crippen MR) is 63.9 cm³/mol. The lowest BCUT2D eigenvalue weighted by molar-refractivity contribution is 0.146. The van der Waals surface area contributed by atoms with Crippen LogP contribution < -0.4 is 4.74 Å². The average Bonchev–Trinajstić information content (AvgIpc) is 2.67. The Bertz CT molecular complexity index is 478. The van der Waals surface area contributed by atoms with Crippen LogP contribution >= 0.6 is 0 Å². The SMILES string of the molecule is COc1ccc(CN2C(=O)O[C@H](C#N)[C@@H]2C)cc1. The molecule has 0 spiro atoms. The van der Waals surface area contributed by atoms with E-state index in [0.717, 1.165) is 11.3 Å². The Morgan fingerprint density at radius 2 is 2.11 bits per heavy atom. The van der Waals surface area contributed by atoms with Gasteiger partial charge in [-0.05, 0) is 24.6 Å². The van der Waals surface area contributed by atoms with Crippen molar-refractivity contribution in [1.82, 2.24) is 4.90 Å². The number of hydrogen-bond acceptors (Lipinski definition) is 4. The molecule has 2 rings (SSSR count). The summed E-state index contributed by atoms with van der Waals surface area (Å²) >= 11 is 0. The molecule has 1 fully saturated rings. The average molecular weight is 246 g/mol. The zero-order chi connectivity index (χ0) is 13.1. The quantitative estimate of drug-likeness (QED) is 0.817. The van der Waals surface area contributed by atoms with Gasteiger partial charge in [-0.2, -0.15) is 5.26 Å². The van der Waals surface area contributed by atoms with Gasteiger partial charge in [0.2, 0.25) is 6.10 Å². The summed E-state index contributed by atoms with van der Waals surface area (Å²) < 4.78 is 10.0. The fourth-order valence-electron chi connectivity index (χ4n) is 1.87. The van der Waals surface area contributed by atoms with E-state index in [1.54, 1.807) is 12.0 Å². The molecule has 1 aromatic rings. The zero-order valence-corrected chi connectivity index (χ0v) is 10.3. The Labute approximate surface area is 106 Å². The molecule has 1 saturated heterocycles. The lowest BCUT2D eigenvalue weighted by atomic mass is 10.1. The number of cyclic esters (lactones) is 1. The largest absolute Gasteiger partial charge is 0.497 e. The number of nitrogens with zero attached hydrogens (tertiary/aromatic N) is 2. The molecule has 0 saturated carbocycles. The molecule has 5 nitrogen and oxygen atoms in total. The molecule has 0 aromatic heterocycles. The molecule has 1 amide bonds. The molecule has 5 heteroatoms. The molecule has 2 atom stereocenters. The van der Waals surface area contributed by atoms with E-state index >= 15 is 0 Å². The number of nitriles is 1. The van der Waals surface area contributed by atoms with Crippen LogP contribution in [-0.2, 0) is 11.3 Å². The number of carbonyl (C=O) groups is 1. The Kier molecular flexibility index (Phi) is 3.38. The zero-order valence-electron chi connectivity index (χ0n) is 10.3. The second-order valence-electron chi connectivity index (χ2n) is 4.15. The Morgan fingerprint density at radius 3 is 2.61 bits per heavy atom. The molecule has 0 bridgehead atoms. The second-order valence-corrected chi connectivity index (χ2v) is 4.15. The fourth-order valence-corrected chi connectivity index (χ4v) is 1.87. The summed E-state index contributed by atoms with van der Waals surface area (Å²) in [6, 6.07) is 9.19. The van der Waals surface area contributed by atoms with Crippen LogP contribution in [0.3, 0.4) is 0 Å². The van der Waals surface area contributed by atoms with Crippen molar-refractivity contribution in [3.63, 3.8) is 0 Å². The van der Waals surface area contributed by atoms with E-state index in [1.807, 2.05) is 37.3 Å². The predicted octanol–water partition coefficient (Wildman–Crippen LogP) is 1.93. The number of rotatable bonds is 3. The molecule has 0 aliphatic carbocycles. The van der Waals surface area contributed by atoms with Crippen LogP contribution in [0.2, 0.25) is 0 Å². The molecule has 1 heterocycles. The van der Waals surface area contributed by atoms with Crippen LogP contribution in [0.5, 0.6) is 5.75 Å². The topological polar surface area (TPSA) is 62.6 Å². The molecule has 1 aromatic carbocycles. The highest BCUT2D eigenvalue weighted by Gasteiger charge is 2.38. The lowest BCUT2D eigenvalue weighted by Crippen LogP contribution is -2.33. The smallest absolute Gasteiger partial charge is 0.411 e. The van der Waals surface area contributed by atoms with Gasteiger partial charge in [-0.15, -0.1) is 0 Å². The van der Waals surface area contributed by atoms with Crippen molar-refractivity contribution in [2.75, 3.05) is 7.11 Å². The van der Waals surface area contributed by atoms with Crippen LogP contribution in [0, 0.1) is 11.3 Å². The third-order valence-corrected chi connectivity index (χ3v) is 3.03. The highest BCUT2D eigenvalue weighted by atomic mass is 16.6. The summed E-state index contributed by atoms with van der Waals surface area (Å²) in [6.45, 7) is 2.24. The monoisotopic (exact) mass is 246 g/mol. The number of carbonyl (C=O) groups excluding carboxylic acids is 1. The summed E-state index contributed by atoms with van der Waals surface area (Å²) in [7, 11) is 1.60. The summed E-state index contributed by atoms with van der Waals surface area (Å²) in [5.41, 5.74) is 0.971. The first-order chi connectivity index (χ1) is 8.65. The Morgan fingerprint density at radius 1 is 1.44 bits per heavy atom. The van der Waals surface area contributed by atoms with Crippen molar-refractivity contribution >= 4 is 6.09 Å². The highest BCUT2D eigenvalue weighted by Crippen LogP contribution is 2.22. The molecule has 94 valence electrons. The van der Waals surface area contributed by atoms with Crippen molar-refractivity contribution in [3.05, 3.63) is 29.8 Å². The first-order valence-electron chi connectivity index (χ1n) is 5.65. The van der Waals surface area contributed by atoms with Gasteiger partial charge >= 0.3 is 6.09 Å². The summed E-state index contributed by atoms with van der Waals surface area (Å²) in [5, 5.41) is 8.84. The van der Waals surface area contributed by atoms with E-state index in [9.17, 15) is 4.79 Å². The van der Waals surface area contributed by atoms with E-state index < -0.39 is 12.2 Å². The van der Waals surface area contributed by atoms with Crippen LogP contribution in [0.25, 0.3) is 0 Å². The van der Waals surface area contributed by atoms with Gasteiger partial charge in [-0.25, -0.2) is 4.79 Å². The molecule has 0 N–H and O–H groups in total. The number of amides is 1. The third-order valence-electron chi connectivity index (χ3n) is 3.03. The minimum absolute atomic E-state index is 0.232. The van der Waals surface area contributed by atoms with E-state index in [-0.39, 0.29) is 6.04 Å². The van der Waals surface area contributed by atoms with Gasteiger partial charge in [0, 0.05) is 6.54 Å². The van der Waals surface area contributed by atoms with E-state index in [1.165, 1.54) is 0 Å². The Balaban J connectivity index is 2.09. The third kappa shape index (κ3) is 2.23. The summed E-state index contributed by atoms with van der Waals surface area (Å²) in [4.78, 5) is 13.2. The normalized spacial score (nSPS) is 22.5. The summed E-state index contributed by atoms with van der Waals surface area (Å²) in [5.74, 6) is 0.769. The lowest BCUT2D eigenvalue weighted by Gasteiger charge is -2.18. The molecule has 0 radical (unpaired) electrons. The maximum Gasteiger partial charge on any atom is 0.411 e. The van der Waals surface area contributed by atoms with Gasteiger partial charge in [0.05, 0.1) is 13.2 Å². The molecule has 18 heavy (non-hydrogen) atoms. The van der Waals surface area contributed by atoms with Crippen molar-refractivity contribution in [3.8, 4) is 11.8 Å². The molecule has 1 aliphatic rings. The summed E-state index contributed by atoms with van der Waals surface area (Å²) in [6.07, 6.45) is -1.12. The van der Waals surface area contributed by atoms with E-state index in [2.05, 4.69) is 0 Å². The van der Waals surface area contributed by atoms with Crippen molar-refractivity contribution in [1.29, 1.82) is 5.26 Å². The standard InChI is InChI=1S/C13H14N2O3/c1-9-12(7-14)18-13(16)15(9)8-10-3-5-11(17-2)6-4-10/h3-6,9,12H,8H2,1-2H3/t9-,12+/m0/s1. The number of ether oxygens (including phenoxy) is 2. The van der Waals surface area contributed by atoms with Gasteiger partial charge in [-0.3, -0.25) is 4.90 Å². The van der Waals surface area contributed by atoms with Crippen molar-refractivity contribution < 1.29 is 14.3 Å². The van der Waals surface area contributed by atoms with Crippen molar-refractivity contribution in [2.24, 2.45) is 0 Å². The Hall–Kier alpha value is -2.22. The maximum absolute atomic E-state index is 11.6. The molecule has 1 aliphatic heterocycles. The van der Waals surface area contributed by atoms with Crippen molar-refractivity contribution in [2.45, 2.75) is 25.6 Å². The minimum atomic E-state index is -0.684. The van der Waals surface area contributed by atoms with Gasteiger partial charge in [-0.1, -0.05) is 12.1 Å². The number of hydrogen-bond donors (Lipinski definition) is 0. The van der Waals surface area contributed by atoms with Crippen LogP contribution in [0.4, 0.5) is 4.79 Å². The van der Waals surface area contributed by atoms with Gasteiger partial charge in [0.15, 0.2) is 0 Å². The van der Waals surface area contributed by atoms with E-state index in [0.29, 0.717) is 6.54 Å².